The first-order valence-electron chi connectivity index (χ1n) is 0. The number of hydrogen-bond donors (Lipinski definition) is 0. The maximum absolute atomic E-state index is 0. The van der Waals surface area contributed by atoms with Gasteiger partial charge < -0.3 is 27.0 Å². The van der Waals surface area contributed by atoms with Crippen LogP contribution < -0.4 is 0 Å². The zero-order valence-corrected chi connectivity index (χ0v) is 8.76. The Morgan fingerprint density at radius 1 is 0.750 bits per heavy atom. The van der Waals surface area contributed by atoms with Crippen molar-refractivity contribution < 1.29 is 44.8 Å². The molecule has 0 fully saturated rings. The molecule has 0 aliphatic rings. The van der Waals surface area contributed by atoms with Gasteiger partial charge in [-0.1, -0.05) is 0 Å². The van der Waals surface area contributed by atoms with E-state index in [0.717, 1.165) is 0 Å². The summed E-state index contributed by atoms with van der Waals surface area (Å²) >= 11 is 0. The number of rotatable bonds is 0. The summed E-state index contributed by atoms with van der Waals surface area (Å²) in [6.45, 7) is 0. The van der Waals surface area contributed by atoms with E-state index in [1.807, 2.05) is 0 Å². The van der Waals surface area contributed by atoms with E-state index in [9.17, 15) is 0 Å². The SMILES string of the molecule is [Nb+5].[S-2].[S-2].[Ta+5]. The van der Waals surface area contributed by atoms with E-state index in [4.69, 9.17) is 0 Å². The van der Waals surface area contributed by atoms with Crippen molar-refractivity contribution in [1.29, 1.82) is 0 Å². The van der Waals surface area contributed by atoms with Crippen LogP contribution in [0.1, 0.15) is 0 Å². The van der Waals surface area contributed by atoms with Gasteiger partial charge in [-0.05, 0) is 0 Å². The molecule has 0 aliphatic heterocycles. The second-order valence-corrected chi connectivity index (χ2v) is 0. The van der Waals surface area contributed by atoms with Crippen molar-refractivity contribution in [2.45, 2.75) is 0 Å². The maximum Gasteiger partial charge on any atom is 5.00 e. The van der Waals surface area contributed by atoms with Gasteiger partial charge in [-0.15, -0.1) is 0 Å². The van der Waals surface area contributed by atoms with E-state index in [1.165, 1.54) is 0 Å². The summed E-state index contributed by atoms with van der Waals surface area (Å²) in [5.74, 6) is 0. The quantitative estimate of drug-likeness (QED) is 0.545. The summed E-state index contributed by atoms with van der Waals surface area (Å²) in [6.07, 6.45) is 0. The summed E-state index contributed by atoms with van der Waals surface area (Å²) in [4.78, 5) is 0. The Morgan fingerprint density at radius 3 is 0.750 bits per heavy atom. The van der Waals surface area contributed by atoms with Crippen molar-refractivity contribution >= 4 is 27.0 Å². The summed E-state index contributed by atoms with van der Waals surface area (Å²) < 4.78 is 0. The molecular formula is NbS2Ta+6. The molecule has 0 nitrogen and oxygen atoms in total. The smallest absolute Gasteiger partial charge is 2.00 e. The van der Waals surface area contributed by atoms with Gasteiger partial charge in [0, 0.05) is 0 Å². The molecule has 0 spiro atoms. The third-order valence-corrected chi connectivity index (χ3v) is 0. The van der Waals surface area contributed by atoms with Crippen molar-refractivity contribution in [3.63, 3.8) is 0 Å². The van der Waals surface area contributed by atoms with Gasteiger partial charge in [-0.3, -0.25) is 0 Å². The van der Waals surface area contributed by atoms with Gasteiger partial charge in [-0.2, -0.15) is 0 Å². The molecule has 0 heterocycles. The molecule has 4 heavy (non-hydrogen) atoms. The third-order valence-electron chi connectivity index (χ3n) is 0. The molecule has 0 atom stereocenters. The van der Waals surface area contributed by atoms with Crippen LogP contribution in [-0.4, -0.2) is 0 Å². The van der Waals surface area contributed by atoms with Gasteiger partial charge in [0.2, 0.25) is 0 Å². The average Bonchev–Trinajstić information content (AvgIpc) is 0. The van der Waals surface area contributed by atoms with Crippen molar-refractivity contribution in [2.24, 2.45) is 0 Å². The first-order valence-corrected chi connectivity index (χ1v) is 0. The normalized spacial score (nSPS) is 0. The fourth-order valence-corrected chi connectivity index (χ4v) is 0. The van der Waals surface area contributed by atoms with Crippen LogP contribution in [0.25, 0.3) is 0 Å². The zero-order valence-electron chi connectivity index (χ0n) is 1.71. The summed E-state index contributed by atoms with van der Waals surface area (Å²) in [6, 6.07) is 0. The first kappa shape index (κ1) is 34.9. The van der Waals surface area contributed by atoms with Gasteiger partial charge in [0.25, 0.3) is 0 Å². The molecule has 0 rings (SSSR count). The van der Waals surface area contributed by atoms with Crippen LogP contribution in [0.2, 0.25) is 0 Å². The molecule has 16 valence electrons. The second kappa shape index (κ2) is 19.0. The Hall–Kier alpha value is 2.18. The average molecular weight is 338 g/mol. The van der Waals surface area contributed by atoms with Crippen molar-refractivity contribution in [2.75, 3.05) is 0 Å². The Kier molecular flexibility index (Phi) is 166. The first-order chi connectivity index (χ1) is 0. The van der Waals surface area contributed by atoms with E-state index in [-0.39, 0.29) is 71.8 Å². The van der Waals surface area contributed by atoms with Crippen molar-refractivity contribution in [3.8, 4) is 0 Å². The molecule has 0 unspecified atom stereocenters. The predicted molar refractivity (Wildman–Crippen MR) is 14.7 cm³/mol. The van der Waals surface area contributed by atoms with Crippen LogP contribution in [0.4, 0.5) is 0 Å². The predicted octanol–water partition coefficient (Wildman–Crippen LogP) is -0.00980. The van der Waals surface area contributed by atoms with E-state index in [0.29, 0.717) is 0 Å². The zero-order chi connectivity index (χ0) is 0. The molecular weight excluding hydrogens is 338 g/mol. The Labute approximate surface area is 71.0 Å². The van der Waals surface area contributed by atoms with Crippen LogP contribution in [0, 0.1) is 0 Å². The van der Waals surface area contributed by atoms with Gasteiger partial charge in [-0.25, -0.2) is 0 Å². The molecule has 0 saturated carbocycles. The minimum atomic E-state index is 0. The fourth-order valence-electron chi connectivity index (χ4n) is 0. The third kappa shape index (κ3) is 8.89. The molecule has 0 aliphatic carbocycles. The molecule has 0 amide bonds. The summed E-state index contributed by atoms with van der Waals surface area (Å²) in [7, 11) is 0. The molecule has 4 heteroatoms. The van der Waals surface area contributed by atoms with Gasteiger partial charge in [0.1, 0.15) is 0 Å². The second-order valence-electron chi connectivity index (χ2n) is 0. The largest absolute Gasteiger partial charge is 5.00 e. The van der Waals surface area contributed by atoms with Gasteiger partial charge in [0.15, 0.2) is 0 Å². The molecule has 0 radical (unpaired) electrons. The molecule has 0 aromatic rings. The monoisotopic (exact) mass is 338 g/mol. The Bertz CT molecular complexity index is 6.00. The van der Waals surface area contributed by atoms with E-state index in [1.54, 1.807) is 0 Å². The van der Waals surface area contributed by atoms with Crippen molar-refractivity contribution in [1.82, 2.24) is 0 Å². The fraction of sp³-hybridized carbons (Fsp3) is 0. The van der Waals surface area contributed by atoms with Crippen molar-refractivity contribution in [3.05, 3.63) is 0 Å². The van der Waals surface area contributed by atoms with Crippen LogP contribution in [-0.2, 0) is 71.8 Å². The minimum absolute atomic E-state index is 0. The summed E-state index contributed by atoms with van der Waals surface area (Å²) in [5, 5.41) is 0. The number of hydrogen-bond acceptors (Lipinski definition) is 0. The standard InChI is InChI=1S/Nb.2S.Ta/q+5;2*-2;+5. The maximum atomic E-state index is 0. The van der Waals surface area contributed by atoms with Crippen LogP contribution in [0.3, 0.4) is 0 Å². The Morgan fingerprint density at radius 2 is 0.750 bits per heavy atom. The van der Waals surface area contributed by atoms with E-state index < -0.39 is 0 Å². The van der Waals surface area contributed by atoms with E-state index in [2.05, 4.69) is 0 Å². The van der Waals surface area contributed by atoms with Crippen LogP contribution >= 0.6 is 0 Å². The molecule has 0 aromatic carbocycles. The van der Waals surface area contributed by atoms with E-state index >= 15 is 0 Å². The Balaban J connectivity index is 0. The topological polar surface area (TPSA) is 0 Å². The molecule has 0 saturated heterocycles. The minimum Gasteiger partial charge on any atom is -2.00 e. The molecule has 0 aromatic heterocycles. The van der Waals surface area contributed by atoms with Gasteiger partial charge >= 0.3 is 44.8 Å². The van der Waals surface area contributed by atoms with Crippen LogP contribution in [0.5, 0.6) is 0 Å². The van der Waals surface area contributed by atoms with Gasteiger partial charge in [0.05, 0.1) is 0 Å². The molecule has 0 N–H and O–H groups in total. The summed E-state index contributed by atoms with van der Waals surface area (Å²) in [5.41, 5.74) is 0. The molecule has 0 bridgehead atoms. The van der Waals surface area contributed by atoms with Crippen LogP contribution in [0.15, 0.2) is 0 Å².